The Kier molecular flexibility index (Phi) is 4.19. The molecule has 0 spiro atoms. The molecule has 2 N–H and O–H groups in total. The fourth-order valence-electron chi connectivity index (χ4n) is 2.29. The second-order valence-electron chi connectivity index (χ2n) is 5.12. The molecule has 1 aromatic rings. The number of hydrogen-bond donors (Lipinski definition) is 2. The van der Waals surface area contributed by atoms with Crippen LogP contribution in [0.2, 0.25) is 0 Å². The van der Waals surface area contributed by atoms with Crippen LogP contribution in [0.3, 0.4) is 0 Å². The smallest absolute Gasteiger partial charge is 0.0626 e. The first-order chi connectivity index (χ1) is 8.24. The van der Waals surface area contributed by atoms with E-state index in [9.17, 15) is 5.11 Å². The number of rotatable bonds is 6. The molecular formula is C15H23NO. The third-order valence-corrected chi connectivity index (χ3v) is 3.77. The highest BCUT2D eigenvalue weighted by Gasteiger charge is 2.29. The average Bonchev–Trinajstić information content (AvgIpc) is 3.20. The van der Waals surface area contributed by atoms with Gasteiger partial charge >= 0.3 is 0 Å². The van der Waals surface area contributed by atoms with Crippen molar-refractivity contribution in [3.63, 3.8) is 0 Å². The standard InChI is InChI=1S/C15H23NO/c1-3-12-4-6-14(7-5-12)15(10-17)16-11(2)13-8-9-13/h4-7,11,13,15-17H,3,8-10H2,1-2H3. The zero-order valence-corrected chi connectivity index (χ0v) is 10.8. The van der Waals surface area contributed by atoms with Gasteiger partial charge in [0, 0.05) is 6.04 Å². The summed E-state index contributed by atoms with van der Waals surface area (Å²) in [5, 5.41) is 13.0. The first-order valence-electron chi connectivity index (χ1n) is 6.70. The van der Waals surface area contributed by atoms with Crippen molar-refractivity contribution in [3.05, 3.63) is 35.4 Å². The molecule has 1 aliphatic rings. The Morgan fingerprint density at radius 1 is 1.29 bits per heavy atom. The van der Waals surface area contributed by atoms with Crippen molar-refractivity contribution >= 4 is 0 Å². The van der Waals surface area contributed by atoms with Crippen molar-refractivity contribution in [1.29, 1.82) is 0 Å². The third kappa shape index (κ3) is 3.30. The predicted octanol–water partition coefficient (Wildman–Crippen LogP) is 2.67. The number of aliphatic hydroxyl groups is 1. The Morgan fingerprint density at radius 3 is 2.41 bits per heavy atom. The minimum absolute atomic E-state index is 0.0801. The molecule has 2 atom stereocenters. The number of hydrogen-bond acceptors (Lipinski definition) is 2. The molecule has 1 saturated carbocycles. The van der Waals surface area contributed by atoms with Crippen molar-refractivity contribution in [2.45, 2.75) is 45.2 Å². The van der Waals surface area contributed by atoms with E-state index < -0.39 is 0 Å². The summed E-state index contributed by atoms with van der Waals surface area (Å²) in [4.78, 5) is 0. The summed E-state index contributed by atoms with van der Waals surface area (Å²) in [5.74, 6) is 0.818. The van der Waals surface area contributed by atoms with Gasteiger partial charge in [-0.3, -0.25) is 0 Å². The van der Waals surface area contributed by atoms with Crippen LogP contribution >= 0.6 is 0 Å². The Bertz CT molecular complexity index is 342. The quantitative estimate of drug-likeness (QED) is 0.791. The van der Waals surface area contributed by atoms with Gasteiger partial charge < -0.3 is 10.4 Å². The Morgan fingerprint density at radius 2 is 1.94 bits per heavy atom. The van der Waals surface area contributed by atoms with Crippen LogP contribution in [-0.2, 0) is 6.42 Å². The van der Waals surface area contributed by atoms with Crippen LogP contribution in [0.1, 0.15) is 43.9 Å². The van der Waals surface area contributed by atoms with Crippen molar-refractivity contribution in [2.75, 3.05) is 6.61 Å². The highest BCUT2D eigenvalue weighted by Crippen LogP contribution is 2.33. The van der Waals surface area contributed by atoms with Crippen LogP contribution in [-0.4, -0.2) is 17.8 Å². The van der Waals surface area contributed by atoms with Gasteiger partial charge in [-0.15, -0.1) is 0 Å². The summed E-state index contributed by atoms with van der Waals surface area (Å²) < 4.78 is 0. The van der Waals surface area contributed by atoms with Crippen LogP contribution in [0, 0.1) is 5.92 Å². The summed E-state index contributed by atoms with van der Waals surface area (Å²) in [6.45, 7) is 4.55. The largest absolute Gasteiger partial charge is 0.394 e. The maximum Gasteiger partial charge on any atom is 0.0626 e. The van der Waals surface area contributed by atoms with Gasteiger partial charge in [-0.05, 0) is 43.2 Å². The maximum atomic E-state index is 9.49. The summed E-state index contributed by atoms with van der Waals surface area (Å²) in [6, 6.07) is 9.16. The fraction of sp³-hybridized carbons (Fsp3) is 0.600. The van der Waals surface area contributed by atoms with Gasteiger partial charge in [0.25, 0.3) is 0 Å². The zero-order chi connectivity index (χ0) is 12.3. The molecule has 0 radical (unpaired) electrons. The molecule has 17 heavy (non-hydrogen) atoms. The van der Waals surface area contributed by atoms with E-state index in [1.165, 1.54) is 24.0 Å². The van der Waals surface area contributed by atoms with E-state index in [0.29, 0.717) is 6.04 Å². The van der Waals surface area contributed by atoms with E-state index in [1.807, 2.05) is 0 Å². The van der Waals surface area contributed by atoms with E-state index in [4.69, 9.17) is 0 Å². The van der Waals surface area contributed by atoms with Crippen LogP contribution in [0.15, 0.2) is 24.3 Å². The zero-order valence-electron chi connectivity index (χ0n) is 10.8. The van der Waals surface area contributed by atoms with Gasteiger partial charge in [0.05, 0.1) is 12.6 Å². The molecule has 1 aromatic carbocycles. The average molecular weight is 233 g/mol. The number of benzene rings is 1. The summed E-state index contributed by atoms with van der Waals surface area (Å²) in [6.07, 6.45) is 3.73. The molecule has 0 amide bonds. The van der Waals surface area contributed by atoms with Gasteiger partial charge in [-0.25, -0.2) is 0 Å². The molecule has 1 aliphatic carbocycles. The lowest BCUT2D eigenvalue weighted by atomic mass is 10.0. The first kappa shape index (κ1) is 12.6. The minimum atomic E-state index is 0.0801. The minimum Gasteiger partial charge on any atom is -0.394 e. The Hall–Kier alpha value is -0.860. The van der Waals surface area contributed by atoms with Gasteiger partial charge in [0.1, 0.15) is 0 Å². The molecule has 0 aromatic heterocycles. The number of nitrogens with one attached hydrogen (secondary N) is 1. The monoisotopic (exact) mass is 233 g/mol. The molecule has 0 saturated heterocycles. The molecule has 2 nitrogen and oxygen atoms in total. The Labute approximate surface area is 104 Å². The molecule has 2 heteroatoms. The van der Waals surface area contributed by atoms with E-state index in [0.717, 1.165) is 12.3 Å². The van der Waals surface area contributed by atoms with Crippen LogP contribution in [0.25, 0.3) is 0 Å². The second-order valence-corrected chi connectivity index (χ2v) is 5.12. The topological polar surface area (TPSA) is 32.3 Å². The lowest BCUT2D eigenvalue weighted by molar-refractivity contribution is 0.231. The van der Waals surface area contributed by atoms with E-state index in [-0.39, 0.29) is 12.6 Å². The Balaban J connectivity index is 2.00. The van der Waals surface area contributed by atoms with Gasteiger partial charge in [0.2, 0.25) is 0 Å². The fourth-order valence-corrected chi connectivity index (χ4v) is 2.29. The SMILES string of the molecule is CCc1ccc(C(CO)NC(C)C2CC2)cc1. The molecule has 1 fully saturated rings. The first-order valence-corrected chi connectivity index (χ1v) is 6.70. The normalized spacial score (nSPS) is 19.0. The lowest BCUT2D eigenvalue weighted by Gasteiger charge is -2.22. The van der Waals surface area contributed by atoms with Crippen LogP contribution in [0.5, 0.6) is 0 Å². The highest BCUT2D eigenvalue weighted by molar-refractivity contribution is 5.25. The number of aliphatic hydroxyl groups excluding tert-OH is 1. The molecular weight excluding hydrogens is 210 g/mol. The summed E-state index contributed by atoms with van der Waals surface area (Å²) in [7, 11) is 0. The number of aryl methyl sites for hydroxylation is 1. The lowest BCUT2D eigenvalue weighted by Crippen LogP contribution is -2.34. The molecule has 94 valence electrons. The molecule has 2 rings (SSSR count). The highest BCUT2D eigenvalue weighted by atomic mass is 16.3. The van der Waals surface area contributed by atoms with Crippen molar-refractivity contribution < 1.29 is 5.11 Å². The van der Waals surface area contributed by atoms with Gasteiger partial charge in [-0.2, -0.15) is 0 Å². The van der Waals surface area contributed by atoms with Crippen molar-refractivity contribution in [2.24, 2.45) is 5.92 Å². The van der Waals surface area contributed by atoms with E-state index >= 15 is 0 Å². The molecule has 2 unspecified atom stereocenters. The van der Waals surface area contributed by atoms with Crippen molar-refractivity contribution in [3.8, 4) is 0 Å². The van der Waals surface area contributed by atoms with Crippen LogP contribution < -0.4 is 5.32 Å². The predicted molar refractivity (Wildman–Crippen MR) is 71.0 cm³/mol. The van der Waals surface area contributed by atoms with Gasteiger partial charge in [0.15, 0.2) is 0 Å². The van der Waals surface area contributed by atoms with Gasteiger partial charge in [-0.1, -0.05) is 31.2 Å². The molecule has 0 aliphatic heterocycles. The van der Waals surface area contributed by atoms with E-state index in [1.54, 1.807) is 0 Å². The van der Waals surface area contributed by atoms with E-state index in [2.05, 4.69) is 43.4 Å². The second kappa shape index (κ2) is 5.65. The summed E-state index contributed by atoms with van der Waals surface area (Å²) in [5.41, 5.74) is 2.54. The maximum absolute atomic E-state index is 9.49. The molecule has 0 bridgehead atoms. The van der Waals surface area contributed by atoms with Crippen LogP contribution in [0.4, 0.5) is 0 Å². The summed E-state index contributed by atoms with van der Waals surface area (Å²) >= 11 is 0. The van der Waals surface area contributed by atoms with Crippen molar-refractivity contribution in [1.82, 2.24) is 5.32 Å². The molecule has 0 heterocycles. The third-order valence-electron chi connectivity index (χ3n) is 3.77.